The van der Waals surface area contributed by atoms with Crippen LogP contribution in [-0.4, -0.2) is 10.1 Å². The summed E-state index contributed by atoms with van der Waals surface area (Å²) >= 11 is 0. The number of H-pyrrole nitrogens is 1. The van der Waals surface area contributed by atoms with Crippen LogP contribution in [0.5, 0.6) is 5.75 Å². The number of benzene rings is 1. The maximum absolute atomic E-state index is 5.74. The fourth-order valence-electron chi connectivity index (χ4n) is 2.17. The van der Waals surface area contributed by atoms with Gasteiger partial charge < -0.3 is 14.2 Å². The Morgan fingerprint density at radius 1 is 1.18 bits per heavy atom. The van der Waals surface area contributed by atoms with E-state index in [0.717, 1.165) is 22.7 Å². The van der Waals surface area contributed by atoms with Crippen molar-refractivity contribution in [2.75, 3.05) is 0 Å². The summed E-state index contributed by atoms with van der Waals surface area (Å²) < 4.78 is 10.8. The SMILES string of the molecule is CC.Cc1cc(COc2ccc3cc(C(C)C)[nH]c3c2)no1. The van der Waals surface area contributed by atoms with Gasteiger partial charge in [0, 0.05) is 23.3 Å². The molecule has 0 aliphatic heterocycles. The van der Waals surface area contributed by atoms with E-state index in [9.17, 15) is 0 Å². The second-order valence-electron chi connectivity index (χ2n) is 5.35. The standard InChI is InChI=1S/C16H18N2O2.C2H6/c1-10(2)15-7-12-4-5-14(8-16(12)17-15)19-9-13-6-11(3)20-18-13;1-2/h4-8,10,17H,9H2,1-3H3;1-2H3. The van der Waals surface area contributed by atoms with Crippen LogP contribution in [0.4, 0.5) is 0 Å². The van der Waals surface area contributed by atoms with E-state index < -0.39 is 0 Å². The number of hydrogen-bond acceptors (Lipinski definition) is 3. The molecular weight excluding hydrogens is 276 g/mol. The van der Waals surface area contributed by atoms with E-state index in [1.807, 2.05) is 39.0 Å². The van der Waals surface area contributed by atoms with Gasteiger partial charge >= 0.3 is 0 Å². The normalized spacial score (nSPS) is 10.6. The summed E-state index contributed by atoms with van der Waals surface area (Å²) in [6, 6.07) is 10.1. The molecule has 1 aromatic carbocycles. The third-order valence-corrected chi connectivity index (χ3v) is 3.30. The summed E-state index contributed by atoms with van der Waals surface area (Å²) in [6.07, 6.45) is 0. The number of aryl methyl sites for hydroxylation is 1. The number of nitrogens with zero attached hydrogens (tertiary/aromatic N) is 1. The number of ether oxygens (including phenoxy) is 1. The molecule has 0 fully saturated rings. The van der Waals surface area contributed by atoms with E-state index in [2.05, 4.69) is 36.1 Å². The zero-order chi connectivity index (χ0) is 16.1. The highest BCUT2D eigenvalue weighted by molar-refractivity contribution is 5.82. The van der Waals surface area contributed by atoms with Crippen LogP contribution in [0.3, 0.4) is 0 Å². The van der Waals surface area contributed by atoms with Gasteiger partial charge in [-0.25, -0.2) is 0 Å². The first-order chi connectivity index (χ1) is 10.6. The van der Waals surface area contributed by atoms with Gasteiger partial charge in [-0.2, -0.15) is 0 Å². The Kier molecular flexibility index (Phi) is 5.26. The Balaban J connectivity index is 0.000000847. The maximum atomic E-state index is 5.74. The monoisotopic (exact) mass is 300 g/mol. The first kappa shape index (κ1) is 16.1. The molecule has 2 heterocycles. The Labute approximate surface area is 131 Å². The van der Waals surface area contributed by atoms with Gasteiger partial charge in [-0.15, -0.1) is 0 Å². The fourth-order valence-corrected chi connectivity index (χ4v) is 2.17. The molecule has 0 atom stereocenters. The Hall–Kier alpha value is -2.23. The van der Waals surface area contributed by atoms with Crippen LogP contribution in [-0.2, 0) is 6.61 Å². The second kappa shape index (κ2) is 7.16. The number of aromatic amines is 1. The molecule has 0 radical (unpaired) electrons. The lowest BCUT2D eigenvalue weighted by Crippen LogP contribution is -1.95. The first-order valence-corrected chi connectivity index (χ1v) is 7.79. The van der Waals surface area contributed by atoms with Crippen molar-refractivity contribution in [3.05, 3.63) is 47.5 Å². The molecule has 0 amide bonds. The highest BCUT2D eigenvalue weighted by Crippen LogP contribution is 2.25. The van der Waals surface area contributed by atoms with Crippen LogP contribution in [0.25, 0.3) is 10.9 Å². The highest BCUT2D eigenvalue weighted by Gasteiger charge is 2.06. The van der Waals surface area contributed by atoms with E-state index in [1.165, 1.54) is 11.1 Å². The van der Waals surface area contributed by atoms with E-state index in [1.54, 1.807) is 0 Å². The summed E-state index contributed by atoms with van der Waals surface area (Å²) in [7, 11) is 0. The van der Waals surface area contributed by atoms with Crippen molar-refractivity contribution in [3.8, 4) is 5.75 Å². The molecule has 3 aromatic rings. The van der Waals surface area contributed by atoms with Gasteiger partial charge in [0.2, 0.25) is 0 Å². The number of rotatable bonds is 4. The van der Waals surface area contributed by atoms with Gasteiger partial charge in [0.25, 0.3) is 0 Å². The molecule has 0 spiro atoms. The summed E-state index contributed by atoms with van der Waals surface area (Å²) in [6.45, 7) is 10.6. The minimum atomic E-state index is 0.417. The lowest BCUT2D eigenvalue weighted by atomic mass is 10.1. The van der Waals surface area contributed by atoms with Crippen LogP contribution >= 0.6 is 0 Å². The molecule has 0 saturated heterocycles. The van der Waals surface area contributed by atoms with Crippen LogP contribution in [0.1, 0.15) is 50.8 Å². The van der Waals surface area contributed by atoms with Gasteiger partial charge in [-0.05, 0) is 36.4 Å². The van der Waals surface area contributed by atoms with E-state index in [4.69, 9.17) is 9.26 Å². The van der Waals surface area contributed by atoms with Gasteiger partial charge in [-0.1, -0.05) is 32.9 Å². The molecular formula is C18H24N2O2. The fraction of sp³-hybridized carbons (Fsp3) is 0.389. The first-order valence-electron chi connectivity index (χ1n) is 7.79. The van der Waals surface area contributed by atoms with Crippen LogP contribution in [0.15, 0.2) is 34.9 Å². The molecule has 4 heteroatoms. The van der Waals surface area contributed by atoms with Gasteiger partial charge in [-0.3, -0.25) is 0 Å². The lowest BCUT2D eigenvalue weighted by Gasteiger charge is -2.03. The molecule has 0 aliphatic carbocycles. The van der Waals surface area contributed by atoms with Crippen LogP contribution < -0.4 is 4.74 Å². The average molecular weight is 300 g/mol. The number of aromatic nitrogens is 2. The minimum Gasteiger partial charge on any atom is -0.487 e. The quantitative estimate of drug-likeness (QED) is 0.721. The molecule has 2 aromatic heterocycles. The third kappa shape index (κ3) is 3.70. The third-order valence-electron chi connectivity index (χ3n) is 3.30. The molecule has 22 heavy (non-hydrogen) atoms. The number of fused-ring (bicyclic) bond motifs is 1. The summed E-state index contributed by atoms with van der Waals surface area (Å²) in [5.74, 6) is 2.12. The topological polar surface area (TPSA) is 51.0 Å². The maximum Gasteiger partial charge on any atom is 0.134 e. The van der Waals surface area contributed by atoms with Crippen molar-refractivity contribution in [2.24, 2.45) is 0 Å². The summed E-state index contributed by atoms with van der Waals surface area (Å²) in [5.41, 5.74) is 3.14. The Morgan fingerprint density at radius 2 is 1.95 bits per heavy atom. The van der Waals surface area contributed by atoms with Gasteiger partial charge in [0.15, 0.2) is 0 Å². The van der Waals surface area contributed by atoms with Crippen molar-refractivity contribution in [2.45, 2.75) is 47.1 Å². The highest BCUT2D eigenvalue weighted by atomic mass is 16.5. The molecule has 0 saturated carbocycles. The van der Waals surface area contributed by atoms with Gasteiger partial charge in [0.1, 0.15) is 23.8 Å². The van der Waals surface area contributed by atoms with Crippen molar-refractivity contribution in [3.63, 3.8) is 0 Å². The second-order valence-corrected chi connectivity index (χ2v) is 5.35. The summed E-state index contributed by atoms with van der Waals surface area (Å²) in [5, 5.41) is 5.12. The number of hydrogen-bond donors (Lipinski definition) is 1. The molecule has 0 aliphatic rings. The largest absolute Gasteiger partial charge is 0.487 e. The predicted molar refractivity (Wildman–Crippen MR) is 89.3 cm³/mol. The molecule has 0 unspecified atom stereocenters. The number of nitrogens with one attached hydrogen (secondary N) is 1. The summed E-state index contributed by atoms with van der Waals surface area (Å²) in [4.78, 5) is 3.42. The minimum absolute atomic E-state index is 0.417. The van der Waals surface area contributed by atoms with Gasteiger partial charge in [0.05, 0.1) is 0 Å². The van der Waals surface area contributed by atoms with Crippen LogP contribution in [0, 0.1) is 6.92 Å². The van der Waals surface area contributed by atoms with Crippen molar-refractivity contribution in [1.29, 1.82) is 0 Å². The van der Waals surface area contributed by atoms with Crippen LogP contribution in [0.2, 0.25) is 0 Å². The molecule has 1 N–H and O–H groups in total. The molecule has 3 rings (SSSR count). The van der Waals surface area contributed by atoms with Crippen molar-refractivity contribution in [1.82, 2.24) is 10.1 Å². The van der Waals surface area contributed by atoms with Crippen molar-refractivity contribution >= 4 is 10.9 Å². The Bertz CT molecular complexity index is 726. The van der Waals surface area contributed by atoms with E-state index in [0.29, 0.717) is 12.5 Å². The van der Waals surface area contributed by atoms with E-state index in [-0.39, 0.29) is 0 Å². The Morgan fingerprint density at radius 3 is 2.59 bits per heavy atom. The molecule has 0 bridgehead atoms. The van der Waals surface area contributed by atoms with E-state index >= 15 is 0 Å². The predicted octanol–water partition coefficient (Wildman–Crippen LogP) is 5.19. The average Bonchev–Trinajstić information content (AvgIpc) is 3.12. The zero-order valence-corrected chi connectivity index (χ0v) is 13.9. The molecule has 4 nitrogen and oxygen atoms in total. The smallest absolute Gasteiger partial charge is 0.134 e. The molecule has 118 valence electrons. The van der Waals surface area contributed by atoms with Crippen molar-refractivity contribution < 1.29 is 9.26 Å². The lowest BCUT2D eigenvalue weighted by molar-refractivity contribution is 0.288. The zero-order valence-electron chi connectivity index (χ0n) is 13.9.